The summed E-state index contributed by atoms with van der Waals surface area (Å²) < 4.78 is 29.7. The van der Waals surface area contributed by atoms with Crippen molar-refractivity contribution in [3.05, 3.63) is 18.5 Å². The van der Waals surface area contributed by atoms with Crippen LogP contribution in [0.15, 0.2) is 23.5 Å². The molecule has 0 spiro atoms. The van der Waals surface area contributed by atoms with Crippen molar-refractivity contribution in [2.24, 2.45) is 0 Å². The molecule has 0 atom stereocenters. The molecule has 20 heavy (non-hydrogen) atoms. The molecule has 0 aliphatic carbocycles. The lowest BCUT2D eigenvalue weighted by Gasteiger charge is -2.22. The molecule has 0 aliphatic heterocycles. The third kappa shape index (κ3) is 2.15. The number of sulfone groups is 1. The van der Waals surface area contributed by atoms with Gasteiger partial charge < -0.3 is 4.74 Å². The van der Waals surface area contributed by atoms with Crippen LogP contribution in [0.3, 0.4) is 0 Å². The van der Waals surface area contributed by atoms with Gasteiger partial charge >= 0.3 is 5.97 Å². The van der Waals surface area contributed by atoms with Gasteiger partial charge in [0.2, 0.25) is 0 Å². The van der Waals surface area contributed by atoms with Gasteiger partial charge in [0, 0.05) is 17.8 Å². The first-order chi connectivity index (χ1) is 9.19. The minimum Gasteiger partial charge on any atom is -0.467 e. The highest BCUT2D eigenvalue weighted by atomic mass is 32.2. The normalized spacial score (nSPS) is 12.6. The summed E-state index contributed by atoms with van der Waals surface area (Å²) in [4.78, 5) is 15.8. The molecule has 0 saturated carbocycles. The van der Waals surface area contributed by atoms with Gasteiger partial charge in [0.25, 0.3) is 0 Å². The van der Waals surface area contributed by atoms with Crippen LogP contribution in [0.25, 0.3) is 10.9 Å². The summed E-state index contributed by atoms with van der Waals surface area (Å²) in [7, 11) is -2.24. The number of hydrogen-bond acceptors (Lipinski definition) is 6. The van der Waals surface area contributed by atoms with Crippen molar-refractivity contribution in [2.45, 2.75) is 24.4 Å². The van der Waals surface area contributed by atoms with Gasteiger partial charge in [0.15, 0.2) is 20.4 Å². The van der Waals surface area contributed by atoms with Gasteiger partial charge in [-0.2, -0.15) is 5.10 Å². The van der Waals surface area contributed by atoms with E-state index in [1.165, 1.54) is 24.2 Å². The Labute approximate surface area is 116 Å². The smallest absolute Gasteiger partial charge is 0.333 e. The van der Waals surface area contributed by atoms with Crippen LogP contribution >= 0.6 is 0 Å². The lowest BCUT2D eigenvalue weighted by molar-refractivity contribution is -0.149. The summed E-state index contributed by atoms with van der Waals surface area (Å²) in [5.74, 6) is -0.522. The van der Waals surface area contributed by atoms with E-state index >= 15 is 0 Å². The zero-order chi connectivity index (χ0) is 15.1. The number of pyridine rings is 1. The van der Waals surface area contributed by atoms with E-state index in [0.29, 0.717) is 10.9 Å². The molecule has 0 amide bonds. The Balaban J connectivity index is 2.83. The molecule has 0 aromatic carbocycles. The van der Waals surface area contributed by atoms with Crippen molar-refractivity contribution >= 4 is 26.7 Å². The van der Waals surface area contributed by atoms with Crippen LogP contribution in [-0.4, -0.2) is 42.5 Å². The molecule has 0 N–H and O–H groups in total. The number of ether oxygens (including phenoxy) is 1. The van der Waals surface area contributed by atoms with E-state index in [0.717, 1.165) is 6.26 Å². The maximum Gasteiger partial charge on any atom is 0.333 e. The van der Waals surface area contributed by atoms with E-state index in [2.05, 4.69) is 10.1 Å². The van der Waals surface area contributed by atoms with Gasteiger partial charge in [-0.1, -0.05) is 0 Å². The molecular formula is C12H15N3O4S. The zero-order valence-electron chi connectivity index (χ0n) is 11.6. The van der Waals surface area contributed by atoms with E-state index in [9.17, 15) is 13.2 Å². The third-order valence-corrected chi connectivity index (χ3v) is 4.02. The second kappa shape index (κ2) is 4.55. The molecule has 0 fully saturated rings. The first kappa shape index (κ1) is 14.4. The summed E-state index contributed by atoms with van der Waals surface area (Å²) in [6.07, 6.45) is 4.03. The number of rotatable bonds is 3. The highest BCUT2D eigenvalue weighted by Gasteiger charge is 2.35. The molecule has 2 heterocycles. The van der Waals surface area contributed by atoms with Gasteiger partial charge in [-0.05, 0) is 19.9 Å². The summed E-state index contributed by atoms with van der Waals surface area (Å²) in [6, 6.07) is 1.56. The van der Waals surface area contributed by atoms with Gasteiger partial charge in [-0.3, -0.25) is 4.98 Å². The molecule has 2 rings (SSSR count). The molecular weight excluding hydrogens is 282 g/mol. The minimum atomic E-state index is -3.51. The average molecular weight is 297 g/mol. The van der Waals surface area contributed by atoms with Crippen molar-refractivity contribution in [3.63, 3.8) is 0 Å². The molecule has 0 aliphatic rings. The number of esters is 1. The third-order valence-electron chi connectivity index (χ3n) is 3.02. The topological polar surface area (TPSA) is 91.2 Å². The molecule has 2 aromatic heterocycles. The molecule has 108 valence electrons. The monoisotopic (exact) mass is 297 g/mol. The fourth-order valence-corrected chi connectivity index (χ4v) is 2.77. The average Bonchev–Trinajstić information content (AvgIpc) is 2.77. The maximum atomic E-state index is 11.9. The Morgan fingerprint density at radius 2 is 2.05 bits per heavy atom. The first-order valence-corrected chi connectivity index (χ1v) is 7.70. The van der Waals surface area contributed by atoms with Crippen molar-refractivity contribution in [3.8, 4) is 0 Å². The lowest BCUT2D eigenvalue weighted by Crippen LogP contribution is -2.37. The quantitative estimate of drug-likeness (QED) is 0.776. The summed E-state index contributed by atoms with van der Waals surface area (Å²) in [6.45, 7) is 3.20. The number of hydrogen-bond donors (Lipinski definition) is 0. The zero-order valence-corrected chi connectivity index (χ0v) is 12.4. The summed E-state index contributed by atoms with van der Waals surface area (Å²) >= 11 is 0. The van der Waals surface area contributed by atoms with Gasteiger partial charge in [0.1, 0.15) is 0 Å². The number of aromatic nitrogens is 3. The van der Waals surface area contributed by atoms with Crippen LogP contribution < -0.4 is 0 Å². The second-order valence-electron chi connectivity index (χ2n) is 4.93. The van der Waals surface area contributed by atoms with E-state index in [1.807, 2.05) is 0 Å². The van der Waals surface area contributed by atoms with E-state index in [4.69, 9.17) is 4.74 Å². The molecule has 0 unspecified atom stereocenters. The standard InChI is InChI=1S/C12H15N3O4S/c1-12(2,11(16)19-3)15-9-7-13-6-5-8(9)10(14-15)20(4,17)18/h5-7H,1-4H3. The molecule has 0 radical (unpaired) electrons. The van der Waals surface area contributed by atoms with Crippen molar-refractivity contribution in [2.75, 3.05) is 13.4 Å². The Morgan fingerprint density at radius 3 is 2.60 bits per heavy atom. The van der Waals surface area contributed by atoms with E-state index in [1.54, 1.807) is 19.9 Å². The Hall–Kier alpha value is -1.96. The minimum absolute atomic E-state index is 0.0770. The first-order valence-electron chi connectivity index (χ1n) is 5.81. The van der Waals surface area contributed by atoms with Gasteiger partial charge in [-0.15, -0.1) is 0 Å². The van der Waals surface area contributed by atoms with Crippen LogP contribution in [0.1, 0.15) is 13.8 Å². The second-order valence-corrected chi connectivity index (χ2v) is 6.86. The highest BCUT2D eigenvalue weighted by Crippen LogP contribution is 2.27. The van der Waals surface area contributed by atoms with Crippen molar-refractivity contribution < 1.29 is 17.9 Å². The predicted molar refractivity (Wildman–Crippen MR) is 72.0 cm³/mol. The Kier molecular flexibility index (Phi) is 3.29. The van der Waals surface area contributed by atoms with Crippen LogP contribution in [0.2, 0.25) is 0 Å². The Bertz CT molecular complexity index is 777. The lowest BCUT2D eigenvalue weighted by atomic mass is 10.1. The number of carbonyl (C=O) groups excluding carboxylic acids is 1. The van der Waals surface area contributed by atoms with Crippen LogP contribution in [0.5, 0.6) is 0 Å². The summed E-state index contributed by atoms with van der Waals surface area (Å²) in [5, 5.41) is 4.44. The largest absolute Gasteiger partial charge is 0.467 e. The van der Waals surface area contributed by atoms with Gasteiger partial charge in [-0.25, -0.2) is 17.9 Å². The van der Waals surface area contributed by atoms with Crippen molar-refractivity contribution in [1.29, 1.82) is 0 Å². The number of carbonyl (C=O) groups is 1. The number of fused-ring (bicyclic) bond motifs is 1. The van der Waals surface area contributed by atoms with E-state index < -0.39 is 21.3 Å². The fraction of sp³-hybridized carbons (Fsp3) is 0.417. The molecule has 0 saturated heterocycles. The molecule has 7 nitrogen and oxygen atoms in total. The number of nitrogens with zero attached hydrogens (tertiary/aromatic N) is 3. The van der Waals surface area contributed by atoms with Crippen molar-refractivity contribution in [1.82, 2.24) is 14.8 Å². The highest BCUT2D eigenvalue weighted by molar-refractivity contribution is 7.90. The van der Waals surface area contributed by atoms with Crippen LogP contribution in [-0.2, 0) is 24.9 Å². The predicted octanol–water partition coefficient (Wildman–Crippen LogP) is 0.743. The van der Waals surface area contributed by atoms with Crippen LogP contribution in [0.4, 0.5) is 0 Å². The molecule has 2 aromatic rings. The number of methoxy groups -OCH3 is 1. The Morgan fingerprint density at radius 1 is 1.40 bits per heavy atom. The molecule has 8 heteroatoms. The molecule has 0 bridgehead atoms. The maximum absolute atomic E-state index is 11.9. The van der Waals surface area contributed by atoms with E-state index in [-0.39, 0.29) is 5.03 Å². The van der Waals surface area contributed by atoms with Crippen LogP contribution in [0, 0.1) is 0 Å². The SMILES string of the molecule is COC(=O)C(C)(C)n1nc(S(C)(=O)=O)c2ccncc21. The van der Waals surface area contributed by atoms with Gasteiger partial charge in [0.05, 0.1) is 18.8 Å². The summed E-state index contributed by atoms with van der Waals surface area (Å²) in [5.41, 5.74) is -0.678. The fourth-order valence-electron chi connectivity index (χ4n) is 1.97.